The van der Waals surface area contributed by atoms with Crippen molar-refractivity contribution in [2.75, 3.05) is 11.5 Å². The molecule has 6 rings (SSSR count). The molecule has 0 radical (unpaired) electrons. The second-order valence-corrected chi connectivity index (χ2v) is 11.8. The van der Waals surface area contributed by atoms with Crippen LogP contribution in [0.15, 0.2) is 42.9 Å². The second-order valence-electron chi connectivity index (χ2n) is 11.8. The number of benzene rings is 1. The lowest BCUT2D eigenvalue weighted by Crippen LogP contribution is -2.34. The third kappa shape index (κ3) is 4.03. The van der Waals surface area contributed by atoms with Gasteiger partial charge in [-0.15, -0.1) is 0 Å². The van der Waals surface area contributed by atoms with Gasteiger partial charge in [0.25, 0.3) is 0 Å². The van der Waals surface area contributed by atoms with Crippen LogP contribution in [-0.4, -0.2) is 37.5 Å². The highest BCUT2D eigenvalue weighted by Crippen LogP contribution is 2.55. The second kappa shape index (κ2) is 8.39. The highest BCUT2D eigenvalue weighted by Gasteiger charge is 2.59. The van der Waals surface area contributed by atoms with Gasteiger partial charge in [0.2, 0.25) is 0 Å². The normalized spacial score (nSPS) is 26.9. The molecule has 194 valence electrons. The molecule has 1 aromatic carbocycles. The highest BCUT2D eigenvalue weighted by atomic mass is 16.8. The molecule has 1 saturated heterocycles. The molecular weight excluding hydrogens is 464 g/mol. The van der Waals surface area contributed by atoms with Gasteiger partial charge in [0.15, 0.2) is 5.79 Å². The zero-order chi connectivity index (χ0) is 26.1. The number of nitrogen functional groups attached to an aromatic ring is 2. The highest BCUT2D eigenvalue weighted by molar-refractivity contribution is 5.86. The van der Waals surface area contributed by atoms with Gasteiger partial charge in [-0.05, 0) is 73.8 Å². The van der Waals surface area contributed by atoms with Crippen molar-refractivity contribution in [2.45, 2.75) is 83.8 Å². The van der Waals surface area contributed by atoms with Gasteiger partial charge < -0.3 is 25.5 Å². The number of hydrogen-bond donors (Lipinski definition) is 2. The number of rotatable bonds is 5. The van der Waals surface area contributed by atoms with Crippen molar-refractivity contribution < 1.29 is 9.47 Å². The van der Waals surface area contributed by atoms with Gasteiger partial charge in [-0.2, -0.15) is 0 Å². The predicted molar refractivity (Wildman–Crippen MR) is 146 cm³/mol. The first-order chi connectivity index (χ1) is 17.5. The largest absolute Gasteiger partial charge is 0.383 e. The first kappa shape index (κ1) is 24.1. The van der Waals surface area contributed by atoms with Gasteiger partial charge in [0.05, 0.1) is 23.0 Å². The molecule has 4 aromatic rings. The molecule has 2 aliphatic rings. The van der Waals surface area contributed by atoms with Crippen molar-refractivity contribution in [1.29, 1.82) is 0 Å². The van der Waals surface area contributed by atoms with E-state index in [0.717, 1.165) is 46.8 Å². The van der Waals surface area contributed by atoms with Crippen LogP contribution in [0, 0.1) is 5.41 Å². The third-order valence-electron chi connectivity index (χ3n) is 8.32. The molecule has 1 aliphatic heterocycles. The molecule has 1 saturated carbocycles. The first-order valence-corrected chi connectivity index (χ1v) is 13.2. The Kier molecular flexibility index (Phi) is 5.47. The van der Waals surface area contributed by atoms with Crippen LogP contribution in [0.4, 0.5) is 11.6 Å². The lowest BCUT2D eigenvalue weighted by molar-refractivity contribution is -0.168. The van der Waals surface area contributed by atoms with E-state index in [9.17, 15) is 0 Å². The van der Waals surface area contributed by atoms with E-state index >= 15 is 0 Å². The Balaban J connectivity index is 1.29. The van der Waals surface area contributed by atoms with Gasteiger partial charge in [0, 0.05) is 11.6 Å². The number of fused-ring (bicyclic) bond motifs is 3. The number of hydrogen-bond acceptors (Lipinski definition) is 7. The molecule has 0 spiro atoms. The van der Waals surface area contributed by atoms with Gasteiger partial charge in [0.1, 0.15) is 29.7 Å². The van der Waals surface area contributed by atoms with Crippen LogP contribution in [-0.2, 0) is 15.9 Å². The van der Waals surface area contributed by atoms with E-state index in [1.165, 1.54) is 11.9 Å². The summed E-state index contributed by atoms with van der Waals surface area (Å²) in [5.74, 6) is 0.828. The van der Waals surface area contributed by atoms with Crippen LogP contribution in [0.5, 0.6) is 0 Å². The van der Waals surface area contributed by atoms with Crippen molar-refractivity contribution in [3.63, 3.8) is 0 Å². The van der Waals surface area contributed by atoms with Crippen molar-refractivity contribution in [3.8, 4) is 0 Å². The molecule has 4 atom stereocenters. The Labute approximate surface area is 217 Å². The molecule has 8 nitrogen and oxygen atoms in total. The molecular formula is C29H36N6O2. The monoisotopic (exact) mass is 500 g/mol. The minimum atomic E-state index is -0.634. The molecule has 1 aliphatic carbocycles. The summed E-state index contributed by atoms with van der Waals surface area (Å²) in [6.07, 6.45) is 6.30. The van der Waals surface area contributed by atoms with Crippen LogP contribution in [0.25, 0.3) is 21.9 Å². The molecule has 3 aromatic heterocycles. The van der Waals surface area contributed by atoms with E-state index < -0.39 is 5.79 Å². The summed E-state index contributed by atoms with van der Waals surface area (Å²) in [7, 11) is 0. The fourth-order valence-electron chi connectivity index (χ4n) is 6.37. The Morgan fingerprint density at radius 1 is 1.05 bits per heavy atom. The zero-order valence-corrected chi connectivity index (χ0v) is 22.2. The molecule has 8 heteroatoms. The van der Waals surface area contributed by atoms with Gasteiger partial charge in [-0.3, -0.25) is 0 Å². The number of nitrogens with two attached hydrogens (primary N) is 2. The van der Waals surface area contributed by atoms with Crippen molar-refractivity contribution in [2.24, 2.45) is 5.41 Å². The first-order valence-electron chi connectivity index (χ1n) is 13.2. The van der Waals surface area contributed by atoms with Gasteiger partial charge in [-0.25, -0.2) is 15.0 Å². The Morgan fingerprint density at radius 3 is 2.65 bits per heavy atom. The smallest absolute Gasteiger partial charge is 0.163 e. The zero-order valence-electron chi connectivity index (χ0n) is 22.2. The van der Waals surface area contributed by atoms with E-state index in [0.29, 0.717) is 17.6 Å². The maximum absolute atomic E-state index is 6.54. The number of pyridine rings is 1. The quantitative estimate of drug-likeness (QED) is 0.378. The predicted octanol–water partition coefficient (Wildman–Crippen LogP) is 5.37. The summed E-state index contributed by atoms with van der Waals surface area (Å²) in [6, 6.07) is 10.8. The number of aryl methyl sites for hydroxylation is 1. The summed E-state index contributed by atoms with van der Waals surface area (Å²) in [4.78, 5) is 13.4. The summed E-state index contributed by atoms with van der Waals surface area (Å²) in [5, 5.41) is 2.00. The third-order valence-corrected chi connectivity index (χ3v) is 8.32. The fourth-order valence-corrected chi connectivity index (χ4v) is 6.37. The van der Waals surface area contributed by atoms with Crippen molar-refractivity contribution in [3.05, 3.63) is 54.0 Å². The number of anilines is 2. The van der Waals surface area contributed by atoms with E-state index in [4.69, 9.17) is 25.9 Å². The Hall–Kier alpha value is -3.23. The maximum Gasteiger partial charge on any atom is 0.163 e. The number of nitrogens with zero attached hydrogens (tertiary/aromatic N) is 4. The van der Waals surface area contributed by atoms with E-state index in [1.54, 1.807) is 0 Å². The van der Waals surface area contributed by atoms with Gasteiger partial charge >= 0.3 is 0 Å². The Bertz CT molecular complexity index is 1490. The summed E-state index contributed by atoms with van der Waals surface area (Å²) in [5.41, 5.74) is 16.4. The van der Waals surface area contributed by atoms with Crippen LogP contribution >= 0.6 is 0 Å². The fraction of sp³-hybridized carbons (Fsp3) is 0.483. The summed E-state index contributed by atoms with van der Waals surface area (Å²) < 4.78 is 15.2. The van der Waals surface area contributed by atoms with E-state index in [-0.39, 0.29) is 23.7 Å². The van der Waals surface area contributed by atoms with E-state index in [2.05, 4.69) is 65.8 Å². The number of aromatic nitrogens is 4. The number of ether oxygens (including phenoxy) is 2. The SMILES string of the molecule is CC(C)c1cc2ccc(CC[C@@]3(C)C[C@@H](n4ccc5c(N)ncnc54)[C@@H]4OC(C)(C)O[C@@H]43)cc2nc1N. The molecule has 2 fully saturated rings. The van der Waals surface area contributed by atoms with E-state index in [1.807, 2.05) is 19.9 Å². The summed E-state index contributed by atoms with van der Waals surface area (Å²) in [6.45, 7) is 10.6. The molecule has 4 heterocycles. The minimum Gasteiger partial charge on any atom is -0.383 e. The van der Waals surface area contributed by atoms with Crippen LogP contribution in [0.1, 0.15) is 70.5 Å². The standard InChI is InChI=1S/C29H36N6O2/c1-16(2)20-13-18-7-6-17(12-21(18)34-26(20)31)8-10-29(5)14-22(23-24(29)37-28(3,4)36-23)35-11-9-19-25(30)32-15-33-27(19)35/h6-7,9,11-13,15-16,22-24H,8,10,14H2,1-5H3,(H2,31,34)(H2,30,32,33)/t22-,23+,24+,29+/m1/s1. The molecule has 0 bridgehead atoms. The van der Waals surface area contributed by atoms with Crippen LogP contribution in [0.2, 0.25) is 0 Å². The van der Waals surface area contributed by atoms with Crippen molar-refractivity contribution >= 4 is 33.6 Å². The summed E-state index contributed by atoms with van der Waals surface area (Å²) >= 11 is 0. The maximum atomic E-state index is 6.54. The molecule has 0 unspecified atom stereocenters. The molecule has 0 amide bonds. The lowest BCUT2D eigenvalue weighted by Gasteiger charge is -2.32. The van der Waals surface area contributed by atoms with Crippen molar-refractivity contribution in [1.82, 2.24) is 19.5 Å². The lowest BCUT2D eigenvalue weighted by atomic mass is 9.80. The van der Waals surface area contributed by atoms with Gasteiger partial charge in [-0.1, -0.05) is 32.9 Å². The van der Waals surface area contributed by atoms with Crippen LogP contribution < -0.4 is 11.5 Å². The molecule has 4 N–H and O–H groups in total. The topological polar surface area (TPSA) is 114 Å². The average Bonchev–Trinajstić information content (AvgIpc) is 3.48. The minimum absolute atomic E-state index is 0.0213. The average molecular weight is 501 g/mol. The molecule has 37 heavy (non-hydrogen) atoms. The Morgan fingerprint density at radius 2 is 1.86 bits per heavy atom. The van der Waals surface area contributed by atoms with Crippen LogP contribution in [0.3, 0.4) is 0 Å².